The first-order valence-corrected chi connectivity index (χ1v) is 9.79. The van der Waals surface area contributed by atoms with Gasteiger partial charge in [-0.05, 0) is 36.4 Å². The monoisotopic (exact) mass is 406 g/mol. The van der Waals surface area contributed by atoms with Crippen LogP contribution in [0, 0.1) is 5.82 Å². The zero-order chi connectivity index (χ0) is 20.0. The molecule has 0 unspecified atom stereocenters. The van der Waals surface area contributed by atoms with Crippen molar-refractivity contribution in [3.05, 3.63) is 76.9 Å². The van der Waals surface area contributed by atoms with Crippen molar-refractivity contribution in [2.75, 3.05) is 7.11 Å². The third-order valence-electron chi connectivity index (χ3n) is 4.80. The Hall–Kier alpha value is -3.22. The summed E-state index contributed by atoms with van der Waals surface area (Å²) in [4.78, 5) is 13.3. The molecule has 2 aromatic heterocycles. The van der Waals surface area contributed by atoms with Gasteiger partial charge in [-0.1, -0.05) is 24.3 Å². The zero-order valence-corrected chi connectivity index (χ0v) is 16.2. The number of furan rings is 1. The largest absolute Gasteiger partial charge is 0.456 e. The summed E-state index contributed by atoms with van der Waals surface area (Å²) in [5.41, 5.74) is 1.99. The average molecular weight is 406 g/mol. The number of benzene rings is 3. The molecule has 5 rings (SSSR count). The van der Waals surface area contributed by atoms with Crippen LogP contribution in [0.1, 0.15) is 15.2 Å². The molecule has 0 saturated heterocycles. The summed E-state index contributed by atoms with van der Waals surface area (Å²) in [6, 6.07) is 17.7. The number of halogens is 1. The van der Waals surface area contributed by atoms with Crippen molar-refractivity contribution in [2.45, 2.75) is 6.61 Å². The third kappa shape index (κ3) is 2.97. The fraction of sp³-hybridized carbons (Fsp3) is 0.0870. The van der Waals surface area contributed by atoms with E-state index in [1.165, 1.54) is 24.5 Å². The highest BCUT2D eigenvalue weighted by molar-refractivity contribution is 7.21. The van der Waals surface area contributed by atoms with Crippen LogP contribution in [0.15, 0.2) is 65.1 Å². The van der Waals surface area contributed by atoms with Gasteiger partial charge in [-0.3, -0.25) is 0 Å². The van der Waals surface area contributed by atoms with Gasteiger partial charge in [-0.15, -0.1) is 11.3 Å². The molecule has 0 saturated carbocycles. The van der Waals surface area contributed by atoms with Crippen LogP contribution >= 0.6 is 11.3 Å². The molecule has 0 N–H and O–H groups in total. The first-order chi connectivity index (χ1) is 14.2. The second kappa shape index (κ2) is 6.99. The van der Waals surface area contributed by atoms with Crippen LogP contribution in [0.25, 0.3) is 32.0 Å². The van der Waals surface area contributed by atoms with Crippen LogP contribution in [0.3, 0.4) is 0 Å². The van der Waals surface area contributed by atoms with Crippen molar-refractivity contribution in [3.63, 3.8) is 0 Å². The number of carbonyl (C=O) groups is 1. The van der Waals surface area contributed by atoms with E-state index in [0.29, 0.717) is 26.3 Å². The molecule has 0 bridgehead atoms. The highest BCUT2D eigenvalue weighted by Gasteiger charge is 2.22. The van der Waals surface area contributed by atoms with E-state index in [4.69, 9.17) is 13.9 Å². The molecule has 3 aromatic carbocycles. The molecule has 0 fully saturated rings. The molecule has 0 spiro atoms. The van der Waals surface area contributed by atoms with E-state index in [-0.39, 0.29) is 12.4 Å². The SMILES string of the molecule is COCc1c(C(=O)Oc2ccc3oc4ccccc4c3c2)sc2cccc(F)c12. The summed E-state index contributed by atoms with van der Waals surface area (Å²) in [7, 11) is 1.51. The summed E-state index contributed by atoms with van der Waals surface area (Å²) in [6.07, 6.45) is 0. The fourth-order valence-electron chi connectivity index (χ4n) is 3.54. The van der Waals surface area contributed by atoms with Gasteiger partial charge in [0.25, 0.3) is 0 Å². The van der Waals surface area contributed by atoms with Gasteiger partial charge in [-0.2, -0.15) is 0 Å². The molecular formula is C23H15FO4S. The van der Waals surface area contributed by atoms with Crippen molar-refractivity contribution in [3.8, 4) is 5.75 Å². The Bertz CT molecular complexity index is 1380. The van der Waals surface area contributed by atoms with Crippen molar-refractivity contribution in [2.24, 2.45) is 0 Å². The number of carbonyl (C=O) groups excluding carboxylic acids is 1. The molecule has 6 heteroatoms. The summed E-state index contributed by atoms with van der Waals surface area (Å²) in [5.74, 6) is -0.517. The molecule has 0 aliphatic rings. The maximum Gasteiger partial charge on any atom is 0.354 e. The third-order valence-corrected chi connectivity index (χ3v) is 5.97. The van der Waals surface area contributed by atoms with E-state index in [1.807, 2.05) is 24.3 Å². The normalized spacial score (nSPS) is 11.5. The van der Waals surface area contributed by atoms with Crippen molar-refractivity contribution >= 4 is 49.3 Å². The molecule has 29 heavy (non-hydrogen) atoms. The van der Waals surface area contributed by atoms with Gasteiger partial charge in [0, 0.05) is 33.5 Å². The number of rotatable bonds is 4. The minimum Gasteiger partial charge on any atom is -0.456 e. The molecule has 144 valence electrons. The predicted molar refractivity (Wildman–Crippen MR) is 111 cm³/mol. The lowest BCUT2D eigenvalue weighted by Crippen LogP contribution is -2.09. The molecule has 0 atom stereocenters. The smallest absolute Gasteiger partial charge is 0.354 e. The van der Waals surface area contributed by atoms with E-state index in [0.717, 1.165) is 21.9 Å². The molecule has 0 aliphatic heterocycles. The summed E-state index contributed by atoms with van der Waals surface area (Å²) >= 11 is 1.20. The topological polar surface area (TPSA) is 48.7 Å². The summed E-state index contributed by atoms with van der Waals surface area (Å²) in [6.45, 7) is 0.122. The Labute approximate surface area is 169 Å². The van der Waals surface area contributed by atoms with Gasteiger partial charge >= 0.3 is 5.97 Å². The molecule has 5 aromatic rings. The number of para-hydroxylation sites is 1. The quantitative estimate of drug-likeness (QED) is 0.259. The van der Waals surface area contributed by atoms with Gasteiger partial charge in [0.1, 0.15) is 27.6 Å². The van der Waals surface area contributed by atoms with Gasteiger partial charge < -0.3 is 13.9 Å². The Morgan fingerprint density at radius 3 is 2.72 bits per heavy atom. The van der Waals surface area contributed by atoms with Crippen molar-refractivity contribution in [1.82, 2.24) is 0 Å². The molecule has 4 nitrogen and oxygen atoms in total. The Morgan fingerprint density at radius 2 is 1.86 bits per heavy atom. The maximum atomic E-state index is 14.3. The number of hydrogen-bond acceptors (Lipinski definition) is 5. The lowest BCUT2D eigenvalue weighted by Gasteiger charge is -2.06. The van der Waals surface area contributed by atoms with E-state index in [1.54, 1.807) is 30.3 Å². The average Bonchev–Trinajstić information content (AvgIpc) is 3.28. The van der Waals surface area contributed by atoms with Crippen LogP contribution in [-0.2, 0) is 11.3 Å². The fourth-order valence-corrected chi connectivity index (χ4v) is 4.63. The number of esters is 1. The number of ether oxygens (including phenoxy) is 2. The van der Waals surface area contributed by atoms with E-state index in [9.17, 15) is 9.18 Å². The Kier molecular flexibility index (Phi) is 4.30. The number of methoxy groups -OCH3 is 1. The Balaban J connectivity index is 1.56. The first kappa shape index (κ1) is 17.8. The Morgan fingerprint density at radius 1 is 1.03 bits per heavy atom. The van der Waals surface area contributed by atoms with Crippen LogP contribution < -0.4 is 4.74 Å². The zero-order valence-electron chi connectivity index (χ0n) is 15.4. The maximum absolute atomic E-state index is 14.3. The van der Waals surface area contributed by atoms with Crippen LogP contribution in [-0.4, -0.2) is 13.1 Å². The van der Waals surface area contributed by atoms with Gasteiger partial charge in [0.05, 0.1) is 6.61 Å². The highest BCUT2D eigenvalue weighted by atomic mass is 32.1. The molecule has 0 amide bonds. The van der Waals surface area contributed by atoms with Crippen molar-refractivity contribution < 1.29 is 23.1 Å². The van der Waals surface area contributed by atoms with E-state index < -0.39 is 5.97 Å². The predicted octanol–water partition coefficient (Wildman–Crippen LogP) is 6.31. The van der Waals surface area contributed by atoms with Gasteiger partial charge in [0.15, 0.2) is 0 Å². The molecule has 0 aliphatic carbocycles. The van der Waals surface area contributed by atoms with E-state index in [2.05, 4.69) is 0 Å². The minimum absolute atomic E-state index is 0.122. The van der Waals surface area contributed by atoms with Crippen molar-refractivity contribution in [1.29, 1.82) is 0 Å². The lowest BCUT2D eigenvalue weighted by molar-refractivity contribution is 0.0735. The standard InChI is InChI=1S/C23H15FO4S/c1-26-12-16-21-17(24)6-4-8-20(21)29-22(16)23(25)27-13-9-10-19-15(11-13)14-5-2-3-7-18(14)28-19/h2-11H,12H2,1H3. The van der Waals surface area contributed by atoms with Gasteiger partial charge in [0.2, 0.25) is 0 Å². The van der Waals surface area contributed by atoms with Crippen LogP contribution in [0.5, 0.6) is 5.75 Å². The second-order valence-electron chi connectivity index (χ2n) is 6.60. The molecular weight excluding hydrogens is 391 g/mol. The summed E-state index contributed by atoms with van der Waals surface area (Å²) in [5, 5.41) is 2.22. The number of thiophene rings is 1. The van der Waals surface area contributed by atoms with Crippen LogP contribution in [0.2, 0.25) is 0 Å². The lowest BCUT2D eigenvalue weighted by atomic mass is 10.1. The first-order valence-electron chi connectivity index (χ1n) is 8.98. The van der Waals surface area contributed by atoms with E-state index >= 15 is 0 Å². The minimum atomic E-state index is -0.537. The highest BCUT2D eigenvalue weighted by Crippen LogP contribution is 2.35. The van der Waals surface area contributed by atoms with Gasteiger partial charge in [-0.25, -0.2) is 9.18 Å². The second-order valence-corrected chi connectivity index (χ2v) is 7.65. The van der Waals surface area contributed by atoms with Crippen LogP contribution in [0.4, 0.5) is 4.39 Å². The molecule has 2 heterocycles. The number of hydrogen-bond donors (Lipinski definition) is 0. The number of fused-ring (bicyclic) bond motifs is 4. The molecule has 0 radical (unpaired) electrons. The summed E-state index contributed by atoms with van der Waals surface area (Å²) < 4.78 is 31.7.